The molecule has 0 saturated carbocycles. The van der Waals surface area contributed by atoms with Crippen LogP contribution in [0, 0.1) is 0 Å². The summed E-state index contributed by atoms with van der Waals surface area (Å²) < 4.78 is 17.2. The average molecular weight is 415 g/mol. The smallest absolute Gasteiger partial charge is 0.350 e. The van der Waals surface area contributed by atoms with E-state index >= 15 is 0 Å². The summed E-state index contributed by atoms with van der Waals surface area (Å²) in [5, 5.41) is 9.23. The molecule has 0 N–H and O–H groups in total. The predicted molar refractivity (Wildman–Crippen MR) is 107 cm³/mol. The van der Waals surface area contributed by atoms with Crippen molar-refractivity contribution >= 4 is 39.0 Å². The molecule has 0 aliphatic carbocycles. The molecule has 28 heavy (non-hydrogen) atoms. The third kappa shape index (κ3) is 3.46. The Kier molecular flexibility index (Phi) is 5.02. The summed E-state index contributed by atoms with van der Waals surface area (Å²) in [6.45, 7) is 1.67. The van der Waals surface area contributed by atoms with Crippen LogP contribution in [-0.4, -0.2) is 23.3 Å². The summed E-state index contributed by atoms with van der Waals surface area (Å²) in [7, 11) is 1.60. The summed E-state index contributed by atoms with van der Waals surface area (Å²) in [6.07, 6.45) is -0.715. The fraction of sp³-hybridized carbons (Fsp3) is 0.150. The van der Waals surface area contributed by atoms with Gasteiger partial charge < -0.3 is 13.9 Å². The van der Waals surface area contributed by atoms with Crippen LogP contribution in [0.25, 0.3) is 21.5 Å². The van der Waals surface area contributed by atoms with Gasteiger partial charge in [0.05, 0.1) is 12.1 Å². The number of carbonyl (C=O) groups excluding carboxylic acids is 1. The molecule has 0 bridgehead atoms. The molecule has 0 spiro atoms. The van der Waals surface area contributed by atoms with E-state index in [1.54, 1.807) is 26.2 Å². The number of ether oxygens (including phenoxy) is 2. The second kappa shape index (κ2) is 7.61. The molecular weight excluding hydrogens is 400 g/mol. The third-order valence-corrected chi connectivity index (χ3v) is 5.78. The number of hydrogen-bond donors (Lipinski definition) is 0. The number of thiophene rings is 1. The van der Waals surface area contributed by atoms with Crippen LogP contribution in [0.4, 0.5) is 0 Å². The third-order valence-electron chi connectivity index (χ3n) is 4.13. The highest BCUT2D eigenvalue weighted by atomic mass is 35.5. The molecule has 142 valence electrons. The van der Waals surface area contributed by atoms with Crippen LogP contribution in [-0.2, 0) is 4.74 Å². The Balaban J connectivity index is 1.51. The Bertz CT molecular complexity index is 1140. The van der Waals surface area contributed by atoms with E-state index < -0.39 is 12.1 Å². The van der Waals surface area contributed by atoms with Gasteiger partial charge in [-0.1, -0.05) is 29.8 Å². The van der Waals surface area contributed by atoms with Crippen molar-refractivity contribution in [1.82, 2.24) is 10.2 Å². The Labute approximate surface area is 169 Å². The van der Waals surface area contributed by atoms with Gasteiger partial charge in [-0.3, -0.25) is 0 Å². The first-order valence-electron chi connectivity index (χ1n) is 8.42. The van der Waals surface area contributed by atoms with Gasteiger partial charge in [0.25, 0.3) is 5.89 Å². The fourth-order valence-electron chi connectivity index (χ4n) is 2.66. The molecule has 0 aliphatic rings. The first-order valence-corrected chi connectivity index (χ1v) is 9.62. The zero-order valence-electron chi connectivity index (χ0n) is 15.0. The molecule has 0 fully saturated rings. The lowest BCUT2D eigenvalue weighted by Gasteiger charge is -2.08. The molecule has 2 aromatic heterocycles. The summed E-state index contributed by atoms with van der Waals surface area (Å²) in [4.78, 5) is 12.9. The van der Waals surface area contributed by atoms with Gasteiger partial charge in [0.15, 0.2) is 6.10 Å². The monoisotopic (exact) mass is 414 g/mol. The van der Waals surface area contributed by atoms with Crippen molar-refractivity contribution in [1.29, 1.82) is 0 Å². The number of esters is 1. The average Bonchev–Trinajstić information content (AvgIpc) is 3.34. The van der Waals surface area contributed by atoms with Crippen molar-refractivity contribution < 1.29 is 18.7 Å². The topological polar surface area (TPSA) is 74.5 Å². The van der Waals surface area contributed by atoms with Crippen LogP contribution in [0.3, 0.4) is 0 Å². The molecule has 2 heterocycles. The van der Waals surface area contributed by atoms with E-state index in [0.29, 0.717) is 15.8 Å². The number of hydrogen-bond acceptors (Lipinski definition) is 7. The van der Waals surface area contributed by atoms with E-state index in [1.807, 2.05) is 36.4 Å². The zero-order valence-corrected chi connectivity index (χ0v) is 16.6. The van der Waals surface area contributed by atoms with Crippen molar-refractivity contribution in [2.24, 2.45) is 0 Å². The number of carbonyl (C=O) groups is 1. The Morgan fingerprint density at radius 1 is 1.14 bits per heavy atom. The normalized spacial score (nSPS) is 12.1. The molecule has 0 amide bonds. The Morgan fingerprint density at radius 2 is 1.89 bits per heavy atom. The molecule has 0 saturated heterocycles. The molecule has 4 aromatic rings. The summed E-state index contributed by atoms with van der Waals surface area (Å²) in [5.74, 6) is 0.741. The second-order valence-electron chi connectivity index (χ2n) is 5.96. The molecule has 2 aromatic carbocycles. The van der Waals surface area contributed by atoms with E-state index in [9.17, 15) is 4.79 Å². The molecule has 6 nitrogen and oxygen atoms in total. The number of rotatable bonds is 5. The van der Waals surface area contributed by atoms with Gasteiger partial charge >= 0.3 is 5.97 Å². The Morgan fingerprint density at radius 3 is 2.61 bits per heavy atom. The van der Waals surface area contributed by atoms with Gasteiger partial charge in [0.2, 0.25) is 5.89 Å². The molecule has 8 heteroatoms. The van der Waals surface area contributed by atoms with Gasteiger partial charge in [0, 0.05) is 15.6 Å². The lowest BCUT2D eigenvalue weighted by atomic mass is 10.2. The SMILES string of the molecule is COc1ccc(-c2nnc([C@H](C)OC(=O)c3sc4ccccc4c3Cl)o2)cc1. The molecule has 4 rings (SSSR count). The van der Waals surface area contributed by atoms with Crippen LogP contribution >= 0.6 is 22.9 Å². The minimum absolute atomic E-state index is 0.205. The van der Waals surface area contributed by atoms with Crippen LogP contribution in [0.2, 0.25) is 5.02 Å². The maximum atomic E-state index is 12.6. The second-order valence-corrected chi connectivity index (χ2v) is 7.39. The minimum atomic E-state index is -0.715. The molecule has 0 unspecified atom stereocenters. The van der Waals surface area contributed by atoms with Gasteiger partial charge in [-0.25, -0.2) is 4.79 Å². The first kappa shape index (κ1) is 18.5. The standard InChI is InChI=1S/C20H15ClN2O4S/c1-11(18-22-23-19(27-18)12-7-9-13(25-2)10-8-12)26-20(24)17-16(21)14-5-3-4-6-15(14)28-17/h3-11H,1-2H3/t11-/m0/s1. The van der Waals surface area contributed by atoms with E-state index in [4.69, 9.17) is 25.5 Å². The molecule has 0 radical (unpaired) electrons. The lowest BCUT2D eigenvalue weighted by molar-refractivity contribution is 0.0286. The molecule has 1 atom stereocenters. The fourth-order valence-corrected chi connectivity index (χ4v) is 4.05. The van der Waals surface area contributed by atoms with Crippen molar-refractivity contribution in [3.63, 3.8) is 0 Å². The van der Waals surface area contributed by atoms with Crippen molar-refractivity contribution in [3.05, 3.63) is 64.3 Å². The van der Waals surface area contributed by atoms with Crippen LogP contribution < -0.4 is 4.74 Å². The van der Waals surface area contributed by atoms with E-state index in [2.05, 4.69) is 10.2 Å². The van der Waals surface area contributed by atoms with Crippen molar-refractivity contribution in [2.75, 3.05) is 7.11 Å². The predicted octanol–water partition coefficient (Wildman–Crippen LogP) is 5.53. The Hall–Kier alpha value is -2.90. The number of nitrogens with zero attached hydrogens (tertiary/aromatic N) is 2. The highest BCUT2D eigenvalue weighted by molar-refractivity contribution is 7.21. The van der Waals surface area contributed by atoms with Crippen LogP contribution in [0.1, 0.15) is 28.6 Å². The van der Waals surface area contributed by atoms with Crippen molar-refractivity contribution in [3.8, 4) is 17.2 Å². The maximum Gasteiger partial charge on any atom is 0.350 e. The molecule has 0 aliphatic heterocycles. The van der Waals surface area contributed by atoms with Crippen LogP contribution in [0.15, 0.2) is 52.9 Å². The number of methoxy groups -OCH3 is 1. The first-order chi connectivity index (χ1) is 13.6. The number of fused-ring (bicyclic) bond motifs is 1. The van der Waals surface area contributed by atoms with Gasteiger partial charge in [-0.2, -0.15) is 0 Å². The highest BCUT2D eigenvalue weighted by Gasteiger charge is 2.24. The number of halogens is 1. The van der Waals surface area contributed by atoms with Crippen molar-refractivity contribution in [2.45, 2.75) is 13.0 Å². The lowest BCUT2D eigenvalue weighted by Crippen LogP contribution is -2.08. The quantitative estimate of drug-likeness (QED) is 0.399. The molecular formula is C20H15ClN2O4S. The minimum Gasteiger partial charge on any atom is -0.497 e. The van der Waals surface area contributed by atoms with Gasteiger partial charge in [0.1, 0.15) is 10.6 Å². The van der Waals surface area contributed by atoms with Gasteiger partial charge in [-0.05, 0) is 37.3 Å². The highest BCUT2D eigenvalue weighted by Crippen LogP contribution is 2.36. The van der Waals surface area contributed by atoms with E-state index in [0.717, 1.165) is 21.4 Å². The number of benzene rings is 2. The van der Waals surface area contributed by atoms with E-state index in [1.165, 1.54) is 11.3 Å². The largest absolute Gasteiger partial charge is 0.497 e. The van der Waals surface area contributed by atoms with E-state index in [-0.39, 0.29) is 5.89 Å². The summed E-state index contributed by atoms with van der Waals surface area (Å²) in [6, 6.07) is 14.8. The number of aromatic nitrogens is 2. The maximum absolute atomic E-state index is 12.6. The van der Waals surface area contributed by atoms with Gasteiger partial charge in [-0.15, -0.1) is 21.5 Å². The van der Waals surface area contributed by atoms with Crippen LogP contribution in [0.5, 0.6) is 5.75 Å². The zero-order chi connectivity index (χ0) is 19.7. The summed E-state index contributed by atoms with van der Waals surface area (Å²) >= 11 is 7.63. The summed E-state index contributed by atoms with van der Waals surface area (Å²) in [5.41, 5.74) is 0.741.